The van der Waals surface area contributed by atoms with Crippen LogP contribution in [-0.2, 0) is 0 Å². The molecule has 0 spiro atoms. The molecule has 1 aliphatic rings. The third kappa shape index (κ3) is 3.53. The van der Waals surface area contributed by atoms with Crippen molar-refractivity contribution in [1.82, 2.24) is 10.3 Å². The van der Waals surface area contributed by atoms with Crippen molar-refractivity contribution in [3.05, 3.63) is 16.6 Å². The van der Waals surface area contributed by atoms with Gasteiger partial charge in [0.05, 0.1) is 6.04 Å². The molecule has 1 heterocycles. The van der Waals surface area contributed by atoms with Crippen molar-refractivity contribution < 1.29 is 0 Å². The van der Waals surface area contributed by atoms with Crippen LogP contribution >= 0.6 is 11.3 Å². The van der Waals surface area contributed by atoms with Gasteiger partial charge in [0.2, 0.25) is 0 Å². The number of hydrogen-bond acceptors (Lipinski definition) is 4. The number of nitrogens with one attached hydrogen (secondary N) is 1. The Kier molecular flexibility index (Phi) is 5.15. The average Bonchev–Trinajstić information content (AvgIpc) is 2.83. The average molecular weight is 267 g/mol. The number of thiazole rings is 1. The standard InChI is InChI=1S/C14H25N3S/c1-12(13-16-8-9-18-13)17-11-14(10-15)6-4-2-3-5-7-14/h8-9,12,17H,2-7,10-11,15H2,1H3. The van der Waals surface area contributed by atoms with Crippen molar-refractivity contribution in [2.24, 2.45) is 11.1 Å². The third-order valence-corrected chi connectivity index (χ3v) is 5.16. The van der Waals surface area contributed by atoms with Crippen LogP contribution in [0, 0.1) is 5.41 Å². The Balaban J connectivity index is 1.89. The van der Waals surface area contributed by atoms with E-state index in [1.807, 2.05) is 11.6 Å². The molecule has 4 heteroatoms. The van der Waals surface area contributed by atoms with Crippen molar-refractivity contribution in [2.75, 3.05) is 13.1 Å². The number of hydrogen-bond donors (Lipinski definition) is 2. The summed E-state index contributed by atoms with van der Waals surface area (Å²) < 4.78 is 0. The molecule has 2 rings (SSSR count). The summed E-state index contributed by atoms with van der Waals surface area (Å²) in [7, 11) is 0. The Morgan fingerprint density at radius 2 is 2.11 bits per heavy atom. The van der Waals surface area contributed by atoms with Gasteiger partial charge in [0.15, 0.2) is 0 Å². The maximum atomic E-state index is 6.06. The summed E-state index contributed by atoms with van der Waals surface area (Å²) in [4.78, 5) is 4.37. The number of aromatic nitrogens is 1. The maximum absolute atomic E-state index is 6.06. The molecular weight excluding hydrogens is 242 g/mol. The molecule has 3 N–H and O–H groups in total. The van der Waals surface area contributed by atoms with Gasteiger partial charge in [0.1, 0.15) is 5.01 Å². The molecule has 102 valence electrons. The van der Waals surface area contributed by atoms with E-state index in [1.165, 1.54) is 43.5 Å². The maximum Gasteiger partial charge on any atom is 0.109 e. The molecule has 1 atom stereocenters. The fraction of sp³-hybridized carbons (Fsp3) is 0.786. The number of nitrogens with two attached hydrogens (primary N) is 1. The molecule has 1 unspecified atom stereocenters. The first kappa shape index (κ1) is 14.0. The third-order valence-electron chi connectivity index (χ3n) is 4.20. The fourth-order valence-electron chi connectivity index (χ4n) is 2.84. The lowest BCUT2D eigenvalue weighted by atomic mass is 9.80. The molecule has 0 radical (unpaired) electrons. The van der Waals surface area contributed by atoms with E-state index >= 15 is 0 Å². The molecule has 1 fully saturated rings. The molecule has 0 amide bonds. The van der Waals surface area contributed by atoms with Crippen LogP contribution in [0.5, 0.6) is 0 Å². The second kappa shape index (κ2) is 6.64. The predicted octanol–water partition coefficient (Wildman–Crippen LogP) is 3.09. The predicted molar refractivity (Wildman–Crippen MR) is 77.7 cm³/mol. The second-order valence-corrected chi connectivity index (χ2v) is 6.52. The van der Waals surface area contributed by atoms with E-state index in [0.29, 0.717) is 11.5 Å². The van der Waals surface area contributed by atoms with Crippen LogP contribution in [0.15, 0.2) is 11.6 Å². The van der Waals surface area contributed by atoms with Crippen LogP contribution in [-0.4, -0.2) is 18.1 Å². The summed E-state index contributed by atoms with van der Waals surface area (Å²) in [5.74, 6) is 0. The molecule has 1 aromatic heterocycles. The Hall–Kier alpha value is -0.450. The summed E-state index contributed by atoms with van der Waals surface area (Å²) in [5, 5.41) is 6.86. The zero-order chi connectivity index (χ0) is 12.8. The molecule has 18 heavy (non-hydrogen) atoms. The van der Waals surface area contributed by atoms with Gasteiger partial charge in [-0.25, -0.2) is 4.98 Å². The largest absolute Gasteiger partial charge is 0.330 e. The SMILES string of the molecule is CC(NCC1(CN)CCCCCC1)c1nccs1. The lowest BCUT2D eigenvalue weighted by molar-refractivity contribution is 0.234. The molecule has 0 aliphatic heterocycles. The first-order valence-corrected chi connectivity index (χ1v) is 7.97. The highest BCUT2D eigenvalue weighted by atomic mass is 32.1. The van der Waals surface area contributed by atoms with Gasteiger partial charge in [-0.2, -0.15) is 0 Å². The van der Waals surface area contributed by atoms with E-state index in [0.717, 1.165) is 13.1 Å². The Morgan fingerprint density at radius 1 is 1.39 bits per heavy atom. The zero-order valence-corrected chi connectivity index (χ0v) is 12.1. The molecular formula is C14H25N3S. The molecule has 0 saturated heterocycles. The van der Waals surface area contributed by atoms with Crippen molar-refractivity contribution in [1.29, 1.82) is 0 Å². The smallest absolute Gasteiger partial charge is 0.109 e. The van der Waals surface area contributed by atoms with E-state index in [4.69, 9.17) is 5.73 Å². The summed E-state index contributed by atoms with van der Waals surface area (Å²) >= 11 is 1.72. The number of nitrogens with zero attached hydrogens (tertiary/aromatic N) is 1. The van der Waals surface area contributed by atoms with Crippen LogP contribution in [0.3, 0.4) is 0 Å². The fourth-order valence-corrected chi connectivity index (χ4v) is 3.51. The van der Waals surface area contributed by atoms with Crippen molar-refractivity contribution in [3.63, 3.8) is 0 Å². The Morgan fingerprint density at radius 3 is 2.67 bits per heavy atom. The molecule has 0 aromatic carbocycles. The summed E-state index contributed by atoms with van der Waals surface area (Å²) in [6.45, 7) is 4.04. The summed E-state index contributed by atoms with van der Waals surface area (Å²) in [5.41, 5.74) is 6.38. The zero-order valence-electron chi connectivity index (χ0n) is 11.3. The molecule has 0 bridgehead atoms. The molecule has 1 aliphatic carbocycles. The summed E-state index contributed by atoms with van der Waals surface area (Å²) in [6.07, 6.45) is 9.87. The minimum atomic E-state index is 0.321. The second-order valence-electron chi connectivity index (χ2n) is 5.59. The Labute approximate surface area is 114 Å². The van der Waals surface area contributed by atoms with Gasteiger partial charge in [-0.1, -0.05) is 25.7 Å². The topological polar surface area (TPSA) is 50.9 Å². The summed E-state index contributed by atoms with van der Waals surface area (Å²) in [6, 6.07) is 0.344. The van der Waals surface area contributed by atoms with E-state index in [-0.39, 0.29) is 0 Å². The minimum Gasteiger partial charge on any atom is -0.330 e. The minimum absolute atomic E-state index is 0.321. The number of rotatable bonds is 5. The van der Waals surface area contributed by atoms with Gasteiger partial charge >= 0.3 is 0 Å². The highest BCUT2D eigenvalue weighted by molar-refractivity contribution is 7.09. The van der Waals surface area contributed by atoms with E-state index in [1.54, 1.807) is 11.3 Å². The monoisotopic (exact) mass is 267 g/mol. The van der Waals surface area contributed by atoms with Gasteiger partial charge in [-0.15, -0.1) is 11.3 Å². The van der Waals surface area contributed by atoms with Crippen LogP contribution in [0.4, 0.5) is 0 Å². The molecule has 1 aromatic rings. The van der Waals surface area contributed by atoms with Crippen LogP contribution in [0.2, 0.25) is 0 Å². The highest BCUT2D eigenvalue weighted by Crippen LogP contribution is 2.34. The van der Waals surface area contributed by atoms with Gasteiger partial charge in [-0.3, -0.25) is 0 Å². The Bertz CT molecular complexity index is 329. The lowest BCUT2D eigenvalue weighted by Crippen LogP contribution is -2.41. The van der Waals surface area contributed by atoms with Gasteiger partial charge in [0.25, 0.3) is 0 Å². The first-order chi connectivity index (χ1) is 8.76. The first-order valence-electron chi connectivity index (χ1n) is 7.09. The van der Waals surface area contributed by atoms with Crippen LogP contribution < -0.4 is 11.1 Å². The quantitative estimate of drug-likeness (QED) is 0.806. The lowest BCUT2D eigenvalue weighted by Gasteiger charge is -2.32. The van der Waals surface area contributed by atoms with Gasteiger partial charge in [-0.05, 0) is 31.7 Å². The van der Waals surface area contributed by atoms with Crippen molar-refractivity contribution >= 4 is 11.3 Å². The van der Waals surface area contributed by atoms with E-state index in [9.17, 15) is 0 Å². The van der Waals surface area contributed by atoms with Gasteiger partial charge < -0.3 is 11.1 Å². The van der Waals surface area contributed by atoms with Crippen LogP contribution in [0.25, 0.3) is 0 Å². The van der Waals surface area contributed by atoms with E-state index < -0.39 is 0 Å². The van der Waals surface area contributed by atoms with Crippen molar-refractivity contribution in [3.8, 4) is 0 Å². The highest BCUT2D eigenvalue weighted by Gasteiger charge is 2.29. The van der Waals surface area contributed by atoms with Crippen molar-refractivity contribution in [2.45, 2.75) is 51.5 Å². The van der Waals surface area contributed by atoms with Crippen LogP contribution in [0.1, 0.15) is 56.5 Å². The molecule has 1 saturated carbocycles. The normalized spacial score (nSPS) is 21.4. The van der Waals surface area contributed by atoms with E-state index in [2.05, 4.69) is 17.2 Å². The molecule has 3 nitrogen and oxygen atoms in total. The van der Waals surface area contributed by atoms with Gasteiger partial charge in [0, 0.05) is 18.1 Å².